The Labute approximate surface area is 177 Å². The first-order valence-corrected chi connectivity index (χ1v) is 10.4. The molecule has 31 heavy (non-hydrogen) atoms. The first-order valence-electron chi connectivity index (χ1n) is 8.83. The zero-order chi connectivity index (χ0) is 22.8. The van der Waals surface area contributed by atoms with Crippen LogP contribution in [0.15, 0.2) is 29.3 Å². The fourth-order valence-corrected chi connectivity index (χ4v) is 3.55. The molecule has 0 atom stereocenters. The van der Waals surface area contributed by atoms with E-state index in [0.717, 1.165) is 0 Å². The van der Waals surface area contributed by atoms with Crippen LogP contribution in [0, 0.1) is 0 Å². The quantitative estimate of drug-likeness (QED) is 0.537. The van der Waals surface area contributed by atoms with E-state index in [1.165, 1.54) is 34.5 Å². The normalized spacial score (nSPS) is 13.4. The predicted octanol–water partition coefficient (Wildman–Crippen LogP) is 1.98. The average Bonchev–Trinajstić information content (AvgIpc) is 2.90. The lowest BCUT2D eigenvalue weighted by Gasteiger charge is -2.19. The molecule has 0 unspecified atom stereocenters. The van der Waals surface area contributed by atoms with E-state index < -0.39 is 13.7 Å². The number of benzodiazepines with no additional fused rings is 1. The van der Waals surface area contributed by atoms with Gasteiger partial charge in [0.1, 0.15) is 6.54 Å². The Bertz CT molecular complexity index is 1070. The zero-order valence-corrected chi connectivity index (χ0v) is 18.1. The fraction of sp³-hybridized carbons (Fsp3) is 0.263. The van der Waals surface area contributed by atoms with E-state index in [0.29, 0.717) is 34.1 Å². The summed E-state index contributed by atoms with van der Waals surface area (Å²) in [6, 6.07) is 6.34. The van der Waals surface area contributed by atoms with Crippen LogP contribution in [-0.4, -0.2) is 56.4 Å². The molecular formula is C19H21N2O9P. The number of benzene rings is 2. The third-order valence-corrected chi connectivity index (χ3v) is 4.81. The monoisotopic (exact) mass is 452 g/mol. The molecule has 0 aliphatic carbocycles. The Morgan fingerprint density at radius 2 is 1.55 bits per heavy atom. The number of phosphoric acid groups is 1. The Kier molecular flexibility index (Phi) is 6.40. The Balaban J connectivity index is 2.27. The summed E-state index contributed by atoms with van der Waals surface area (Å²) in [7, 11) is 0.743. The number of carbonyl (C=O) groups excluding carboxylic acids is 1. The summed E-state index contributed by atoms with van der Waals surface area (Å²) in [5, 5.41) is 2.58. The number of rotatable bonds is 7. The highest BCUT2D eigenvalue weighted by Crippen LogP contribution is 2.48. The van der Waals surface area contributed by atoms with E-state index in [4.69, 9.17) is 23.5 Å². The molecule has 0 aromatic heterocycles. The van der Waals surface area contributed by atoms with Crippen LogP contribution in [0.1, 0.15) is 11.1 Å². The molecule has 0 fully saturated rings. The van der Waals surface area contributed by atoms with Gasteiger partial charge in [0.2, 0.25) is 11.7 Å². The number of carbonyl (C=O) groups is 1. The third-order valence-electron chi connectivity index (χ3n) is 4.39. The van der Waals surface area contributed by atoms with Crippen molar-refractivity contribution in [1.82, 2.24) is 0 Å². The van der Waals surface area contributed by atoms with Gasteiger partial charge in [-0.15, -0.1) is 0 Å². The maximum absolute atomic E-state index is 12.3. The first kappa shape index (κ1) is 22.4. The van der Waals surface area contributed by atoms with Crippen molar-refractivity contribution in [1.29, 1.82) is 0 Å². The highest BCUT2D eigenvalue weighted by atomic mass is 31.2. The molecule has 1 aliphatic rings. The van der Waals surface area contributed by atoms with Gasteiger partial charge in [-0.3, -0.25) is 19.6 Å². The largest absolute Gasteiger partial charge is 0.525 e. The number of nitrogens with one attached hydrogen (secondary N) is 1. The number of amides is 1. The first-order chi connectivity index (χ1) is 14.7. The van der Waals surface area contributed by atoms with Crippen LogP contribution < -0.4 is 28.8 Å². The summed E-state index contributed by atoms with van der Waals surface area (Å²) < 4.78 is 37.6. The van der Waals surface area contributed by atoms with E-state index in [9.17, 15) is 19.1 Å². The minimum absolute atomic E-state index is 0.0117. The van der Waals surface area contributed by atoms with Crippen molar-refractivity contribution in [2.45, 2.75) is 0 Å². The standard InChI is InChI=1S/C19H21N2O9P/c1-26-12-6-5-11-16(10-7-13(27-2)18(29-4)14(8-10)28-3)20-9-15(22)21-17(11)19(12)30-31(23,24)25/h5-8H,9H2,1-4H3,(H,21,22)(H2,23,24,25). The molecular weight excluding hydrogens is 431 g/mol. The van der Waals surface area contributed by atoms with Crippen LogP contribution in [0.4, 0.5) is 5.69 Å². The Morgan fingerprint density at radius 1 is 0.935 bits per heavy atom. The van der Waals surface area contributed by atoms with Crippen molar-refractivity contribution >= 4 is 25.1 Å². The topological polar surface area (TPSA) is 145 Å². The van der Waals surface area contributed by atoms with Crippen molar-refractivity contribution in [3.8, 4) is 28.7 Å². The molecule has 2 aromatic carbocycles. The molecule has 0 spiro atoms. The van der Waals surface area contributed by atoms with Gasteiger partial charge in [0, 0.05) is 11.1 Å². The molecule has 3 rings (SSSR count). The number of fused-ring (bicyclic) bond motifs is 1. The lowest BCUT2D eigenvalue weighted by molar-refractivity contribution is -0.114. The number of ether oxygens (including phenoxy) is 4. The summed E-state index contributed by atoms with van der Waals surface area (Å²) in [5.74, 6) is 0.303. The van der Waals surface area contributed by atoms with Crippen molar-refractivity contribution in [3.05, 3.63) is 35.4 Å². The third kappa shape index (κ3) is 4.58. The predicted molar refractivity (Wildman–Crippen MR) is 111 cm³/mol. The highest BCUT2D eigenvalue weighted by molar-refractivity contribution is 7.46. The van der Waals surface area contributed by atoms with Gasteiger partial charge in [-0.1, -0.05) is 0 Å². The summed E-state index contributed by atoms with van der Waals surface area (Å²) in [5.41, 5.74) is 1.22. The van der Waals surface area contributed by atoms with Crippen LogP contribution in [0.2, 0.25) is 0 Å². The Hall–Kier alpha value is -3.27. The molecule has 0 radical (unpaired) electrons. The fourth-order valence-electron chi connectivity index (χ4n) is 3.13. The maximum Gasteiger partial charge on any atom is 0.525 e. The SMILES string of the molecule is COc1cc(C2=NCC(=O)Nc3c2ccc(OC)c3OP(=O)(O)O)cc(OC)c1OC. The number of anilines is 1. The number of aliphatic imine (C=N–C) groups is 1. The van der Waals surface area contributed by atoms with Crippen LogP contribution in [0.25, 0.3) is 0 Å². The second-order valence-electron chi connectivity index (χ2n) is 6.23. The molecule has 166 valence electrons. The van der Waals surface area contributed by atoms with Crippen molar-refractivity contribution in [2.24, 2.45) is 4.99 Å². The van der Waals surface area contributed by atoms with Crippen LogP contribution in [-0.2, 0) is 9.36 Å². The van der Waals surface area contributed by atoms with Gasteiger partial charge in [0.15, 0.2) is 23.0 Å². The average molecular weight is 452 g/mol. The molecule has 11 nitrogen and oxygen atoms in total. The number of phosphoric ester groups is 1. The molecule has 0 saturated carbocycles. The summed E-state index contributed by atoms with van der Waals surface area (Å²) in [6.45, 7) is -0.238. The number of hydrogen-bond donors (Lipinski definition) is 3. The van der Waals surface area contributed by atoms with Gasteiger partial charge in [0.25, 0.3) is 0 Å². The van der Waals surface area contributed by atoms with Crippen LogP contribution in [0.3, 0.4) is 0 Å². The number of hydrogen-bond acceptors (Lipinski definition) is 8. The van der Waals surface area contributed by atoms with Gasteiger partial charge >= 0.3 is 7.82 Å². The van der Waals surface area contributed by atoms with Crippen LogP contribution in [0.5, 0.6) is 28.7 Å². The minimum Gasteiger partial charge on any atom is -0.493 e. The molecule has 1 aliphatic heterocycles. The van der Waals surface area contributed by atoms with Gasteiger partial charge < -0.3 is 28.8 Å². The molecule has 1 heterocycles. The Morgan fingerprint density at radius 3 is 2.06 bits per heavy atom. The van der Waals surface area contributed by atoms with Gasteiger partial charge in [-0.25, -0.2) is 4.57 Å². The smallest absolute Gasteiger partial charge is 0.493 e. The van der Waals surface area contributed by atoms with E-state index in [2.05, 4.69) is 10.3 Å². The second kappa shape index (κ2) is 8.84. The van der Waals surface area contributed by atoms with Gasteiger partial charge in [-0.05, 0) is 24.3 Å². The zero-order valence-electron chi connectivity index (χ0n) is 17.2. The van der Waals surface area contributed by atoms with E-state index in [1.54, 1.807) is 18.2 Å². The summed E-state index contributed by atoms with van der Waals surface area (Å²) >= 11 is 0. The molecule has 1 amide bonds. The van der Waals surface area contributed by atoms with E-state index in [1.807, 2.05) is 0 Å². The van der Waals surface area contributed by atoms with Gasteiger partial charge in [0.05, 0.1) is 39.8 Å². The minimum atomic E-state index is -4.96. The maximum atomic E-state index is 12.3. The van der Waals surface area contributed by atoms with E-state index in [-0.39, 0.29) is 23.7 Å². The van der Waals surface area contributed by atoms with E-state index >= 15 is 0 Å². The molecule has 3 N–H and O–H groups in total. The lowest BCUT2D eigenvalue weighted by atomic mass is 9.99. The molecule has 12 heteroatoms. The molecule has 0 saturated heterocycles. The lowest BCUT2D eigenvalue weighted by Crippen LogP contribution is -2.14. The van der Waals surface area contributed by atoms with Gasteiger partial charge in [-0.2, -0.15) is 0 Å². The number of nitrogens with zero attached hydrogens (tertiary/aromatic N) is 1. The summed E-state index contributed by atoms with van der Waals surface area (Å²) in [6.07, 6.45) is 0. The van der Waals surface area contributed by atoms with Crippen LogP contribution >= 0.6 is 7.82 Å². The van der Waals surface area contributed by atoms with Crippen molar-refractivity contribution < 1.29 is 42.6 Å². The molecule has 0 bridgehead atoms. The second-order valence-corrected chi connectivity index (χ2v) is 7.39. The number of methoxy groups -OCH3 is 4. The molecule has 2 aromatic rings. The summed E-state index contributed by atoms with van der Waals surface area (Å²) in [4.78, 5) is 35.4. The van der Waals surface area contributed by atoms with Crippen molar-refractivity contribution in [3.63, 3.8) is 0 Å². The highest BCUT2D eigenvalue weighted by Gasteiger charge is 2.29. The van der Waals surface area contributed by atoms with Crippen molar-refractivity contribution in [2.75, 3.05) is 40.3 Å².